The van der Waals surface area contributed by atoms with E-state index >= 15 is 0 Å². The Morgan fingerprint density at radius 2 is 2.50 bits per heavy atom. The summed E-state index contributed by atoms with van der Waals surface area (Å²) < 4.78 is 14.9. The van der Waals surface area contributed by atoms with Crippen molar-refractivity contribution in [3.63, 3.8) is 0 Å². The summed E-state index contributed by atoms with van der Waals surface area (Å²) in [5, 5.41) is 12.5. The van der Waals surface area contributed by atoms with Crippen LogP contribution in [0.25, 0.3) is 0 Å². The molecule has 2 rings (SSSR count). The molecular formula is C8H9NO5. The molecule has 6 heteroatoms. The normalized spacial score (nSPS) is 20.2. The zero-order valence-electron chi connectivity index (χ0n) is 7.52. The van der Waals surface area contributed by atoms with Gasteiger partial charge in [0.25, 0.3) is 5.88 Å². The average molecular weight is 199 g/mol. The quantitative estimate of drug-likeness (QED) is 0.741. The van der Waals surface area contributed by atoms with E-state index in [4.69, 9.17) is 19.1 Å². The van der Waals surface area contributed by atoms with Crippen LogP contribution in [0.2, 0.25) is 0 Å². The lowest BCUT2D eigenvalue weighted by molar-refractivity contribution is -0.141. The van der Waals surface area contributed by atoms with Crippen molar-refractivity contribution in [2.75, 3.05) is 13.7 Å². The minimum absolute atomic E-state index is 0.112. The minimum Gasteiger partial charge on any atom is -0.481 e. The molecule has 1 atom stereocenters. The first-order valence-corrected chi connectivity index (χ1v) is 4.07. The summed E-state index contributed by atoms with van der Waals surface area (Å²) in [4.78, 5) is 10.8. The SMILES string of the molecule is COc1noc2c1COCC2C(=O)O. The van der Waals surface area contributed by atoms with Gasteiger partial charge in [0.2, 0.25) is 0 Å². The van der Waals surface area contributed by atoms with Gasteiger partial charge in [0.1, 0.15) is 5.92 Å². The summed E-state index contributed by atoms with van der Waals surface area (Å²) in [5.41, 5.74) is 0.589. The molecule has 1 N–H and O–H groups in total. The number of hydrogen-bond acceptors (Lipinski definition) is 5. The third-order valence-electron chi connectivity index (χ3n) is 2.12. The fraction of sp³-hybridized carbons (Fsp3) is 0.500. The summed E-state index contributed by atoms with van der Waals surface area (Å²) in [5.74, 6) is -1.13. The second kappa shape index (κ2) is 3.30. The molecule has 0 spiro atoms. The van der Waals surface area contributed by atoms with Crippen LogP contribution in [0.3, 0.4) is 0 Å². The fourth-order valence-electron chi connectivity index (χ4n) is 1.41. The number of fused-ring (bicyclic) bond motifs is 1. The highest BCUT2D eigenvalue weighted by Gasteiger charge is 2.34. The van der Waals surface area contributed by atoms with Gasteiger partial charge in [-0.05, 0) is 5.16 Å². The Morgan fingerprint density at radius 3 is 3.14 bits per heavy atom. The minimum atomic E-state index is -0.982. The van der Waals surface area contributed by atoms with Gasteiger partial charge in [-0.25, -0.2) is 0 Å². The van der Waals surface area contributed by atoms with Gasteiger partial charge in [-0.2, -0.15) is 0 Å². The number of hydrogen-bond donors (Lipinski definition) is 1. The van der Waals surface area contributed by atoms with E-state index < -0.39 is 11.9 Å². The third kappa shape index (κ3) is 1.24. The number of methoxy groups -OCH3 is 1. The Kier molecular flexibility index (Phi) is 2.12. The number of carbonyl (C=O) groups is 1. The molecule has 1 unspecified atom stereocenters. The first-order valence-electron chi connectivity index (χ1n) is 4.07. The molecule has 0 saturated heterocycles. The van der Waals surface area contributed by atoms with E-state index in [0.29, 0.717) is 17.2 Å². The zero-order chi connectivity index (χ0) is 10.1. The van der Waals surface area contributed by atoms with Gasteiger partial charge in [0, 0.05) is 0 Å². The van der Waals surface area contributed by atoms with Crippen molar-refractivity contribution < 1.29 is 23.9 Å². The zero-order valence-corrected chi connectivity index (χ0v) is 7.52. The van der Waals surface area contributed by atoms with Crippen LogP contribution in [0.15, 0.2) is 4.52 Å². The van der Waals surface area contributed by atoms with Crippen molar-refractivity contribution in [3.8, 4) is 5.88 Å². The highest BCUT2D eigenvalue weighted by Crippen LogP contribution is 2.32. The third-order valence-corrected chi connectivity index (χ3v) is 2.12. The molecule has 0 fully saturated rings. The van der Waals surface area contributed by atoms with E-state index in [2.05, 4.69) is 5.16 Å². The molecule has 0 aromatic carbocycles. The average Bonchev–Trinajstić information content (AvgIpc) is 2.59. The van der Waals surface area contributed by atoms with Crippen LogP contribution in [0.5, 0.6) is 5.88 Å². The van der Waals surface area contributed by atoms with Gasteiger partial charge in [-0.1, -0.05) is 0 Å². The predicted octanol–water partition coefficient (Wildman–Crippen LogP) is 0.382. The number of aromatic nitrogens is 1. The summed E-state index contributed by atoms with van der Waals surface area (Å²) in [6, 6.07) is 0. The molecule has 6 nitrogen and oxygen atoms in total. The molecule has 0 bridgehead atoms. The molecule has 1 aliphatic heterocycles. The molecule has 1 aromatic heterocycles. The van der Waals surface area contributed by atoms with Gasteiger partial charge in [0.05, 0.1) is 25.9 Å². The Morgan fingerprint density at radius 1 is 1.71 bits per heavy atom. The highest BCUT2D eigenvalue weighted by atomic mass is 16.5. The number of carboxylic acids is 1. The molecule has 0 amide bonds. The molecule has 76 valence electrons. The number of ether oxygens (including phenoxy) is 2. The molecular weight excluding hydrogens is 190 g/mol. The lowest BCUT2D eigenvalue weighted by Gasteiger charge is -2.16. The van der Waals surface area contributed by atoms with Crippen LogP contribution >= 0.6 is 0 Å². The smallest absolute Gasteiger partial charge is 0.316 e. The number of carboxylic acid groups (broad SMARTS) is 1. The summed E-state index contributed by atoms with van der Waals surface area (Å²) in [6.07, 6.45) is 0. The molecule has 14 heavy (non-hydrogen) atoms. The predicted molar refractivity (Wildman–Crippen MR) is 43.1 cm³/mol. The second-order valence-corrected chi connectivity index (χ2v) is 2.94. The maximum Gasteiger partial charge on any atom is 0.316 e. The van der Waals surface area contributed by atoms with Crippen LogP contribution in [0.1, 0.15) is 17.2 Å². The molecule has 0 saturated carbocycles. The van der Waals surface area contributed by atoms with Crippen molar-refractivity contribution in [1.82, 2.24) is 5.16 Å². The standard InChI is InChI=1S/C8H9NO5/c1-12-7-4-2-13-3-5(8(10)11)6(4)14-9-7/h5H,2-3H2,1H3,(H,10,11). The molecule has 2 heterocycles. The van der Waals surface area contributed by atoms with Crippen LogP contribution in [-0.4, -0.2) is 29.9 Å². The van der Waals surface area contributed by atoms with Crippen molar-refractivity contribution in [1.29, 1.82) is 0 Å². The Bertz CT molecular complexity index is 359. The van der Waals surface area contributed by atoms with Gasteiger partial charge in [-0.3, -0.25) is 4.79 Å². The fourth-order valence-corrected chi connectivity index (χ4v) is 1.41. The van der Waals surface area contributed by atoms with Crippen molar-refractivity contribution >= 4 is 5.97 Å². The number of aliphatic carboxylic acids is 1. The monoisotopic (exact) mass is 199 g/mol. The van der Waals surface area contributed by atoms with Crippen LogP contribution in [0, 0.1) is 0 Å². The van der Waals surface area contributed by atoms with E-state index in [1.807, 2.05) is 0 Å². The maximum absolute atomic E-state index is 10.8. The van der Waals surface area contributed by atoms with Crippen LogP contribution < -0.4 is 4.74 Å². The topological polar surface area (TPSA) is 81.8 Å². The largest absolute Gasteiger partial charge is 0.481 e. The number of rotatable bonds is 2. The molecule has 1 aliphatic rings. The first-order chi connectivity index (χ1) is 6.74. The Balaban J connectivity index is 2.40. The molecule has 0 radical (unpaired) electrons. The van der Waals surface area contributed by atoms with Crippen molar-refractivity contribution in [3.05, 3.63) is 11.3 Å². The highest BCUT2D eigenvalue weighted by molar-refractivity contribution is 5.76. The number of nitrogens with zero attached hydrogens (tertiary/aromatic N) is 1. The van der Waals surface area contributed by atoms with E-state index in [1.54, 1.807) is 0 Å². The summed E-state index contributed by atoms with van der Waals surface area (Å²) in [7, 11) is 1.45. The first kappa shape index (κ1) is 9.01. The van der Waals surface area contributed by atoms with Gasteiger partial charge in [-0.15, -0.1) is 0 Å². The van der Waals surface area contributed by atoms with Gasteiger partial charge in [0.15, 0.2) is 5.76 Å². The Labute approximate surface area is 79.4 Å². The van der Waals surface area contributed by atoms with Gasteiger partial charge >= 0.3 is 5.97 Å². The van der Waals surface area contributed by atoms with Crippen LogP contribution in [0.4, 0.5) is 0 Å². The van der Waals surface area contributed by atoms with E-state index in [0.717, 1.165) is 0 Å². The molecule has 0 aliphatic carbocycles. The second-order valence-electron chi connectivity index (χ2n) is 2.94. The van der Waals surface area contributed by atoms with Crippen molar-refractivity contribution in [2.45, 2.75) is 12.5 Å². The Hall–Kier alpha value is -1.56. The maximum atomic E-state index is 10.8. The lowest BCUT2D eigenvalue weighted by atomic mass is 10.0. The van der Waals surface area contributed by atoms with Gasteiger partial charge < -0.3 is 19.1 Å². The summed E-state index contributed by atoms with van der Waals surface area (Å²) in [6.45, 7) is 0.395. The van der Waals surface area contributed by atoms with E-state index in [1.165, 1.54) is 7.11 Å². The van der Waals surface area contributed by atoms with E-state index in [9.17, 15) is 4.79 Å². The van der Waals surface area contributed by atoms with Crippen molar-refractivity contribution in [2.24, 2.45) is 0 Å². The lowest BCUT2D eigenvalue weighted by Crippen LogP contribution is -2.22. The molecule has 1 aromatic rings. The van der Waals surface area contributed by atoms with Crippen LogP contribution in [-0.2, 0) is 16.1 Å². The summed E-state index contributed by atoms with van der Waals surface area (Å²) >= 11 is 0. The van der Waals surface area contributed by atoms with E-state index in [-0.39, 0.29) is 13.2 Å².